The Morgan fingerprint density at radius 3 is 2.83 bits per heavy atom. The highest BCUT2D eigenvalue weighted by molar-refractivity contribution is 6.30. The summed E-state index contributed by atoms with van der Waals surface area (Å²) in [6, 6.07) is 2.93. The monoisotopic (exact) mass is 340 g/mol. The van der Waals surface area contributed by atoms with Crippen molar-refractivity contribution in [2.45, 2.75) is 19.5 Å². The van der Waals surface area contributed by atoms with Gasteiger partial charge in [0.2, 0.25) is 0 Å². The molecule has 2 rings (SSSR count). The van der Waals surface area contributed by atoms with E-state index >= 15 is 0 Å². The van der Waals surface area contributed by atoms with E-state index in [1.54, 1.807) is 16.9 Å². The summed E-state index contributed by atoms with van der Waals surface area (Å²) in [6.45, 7) is 1.84. The van der Waals surface area contributed by atoms with Crippen molar-refractivity contribution in [3.05, 3.63) is 52.1 Å². The van der Waals surface area contributed by atoms with Gasteiger partial charge in [0.25, 0.3) is 0 Å². The highest BCUT2D eigenvalue weighted by Gasteiger charge is 2.15. The number of hydrogen-bond donors (Lipinski definition) is 3. The number of nitrogens with zero attached hydrogens (tertiary/aromatic N) is 2. The normalized spacial score (nSPS) is 12.0. The average molecular weight is 341 g/mol. The van der Waals surface area contributed by atoms with E-state index in [0.29, 0.717) is 12.1 Å². The van der Waals surface area contributed by atoms with Crippen LogP contribution in [0.5, 0.6) is 0 Å². The molecule has 0 aliphatic carbocycles. The number of aromatic nitrogens is 2. The molecule has 1 aromatic carbocycles. The van der Waals surface area contributed by atoms with Crippen LogP contribution in [-0.4, -0.2) is 27.5 Å². The lowest BCUT2D eigenvalue weighted by atomic mass is 10.1. The molecular formula is C15H18ClFN4O2. The van der Waals surface area contributed by atoms with Gasteiger partial charge in [-0.15, -0.1) is 0 Å². The lowest BCUT2D eigenvalue weighted by Crippen LogP contribution is -2.39. The fraction of sp³-hybridized carbons (Fsp3) is 0.333. The molecule has 8 heteroatoms. The molecule has 0 aliphatic heterocycles. The number of aliphatic hydroxyl groups excluding tert-OH is 1. The predicted molar refractivity (Wildman–Crippen MR) is 84.6 cm³/mol. The van der Waals surface area contributed by atoms with Gasteiger partial charge >= 0.3 is 6.03 Å². The topological polar surface area (TPSA) is 79.2 Å². The van der Waals surface area contributed by atoms with Gasteiger partial charge in [0.05, 0.1) is 23.9 Å². The van der Waals surface area contributed by atoms with Gasteiger partial charge in [-0.1, -0.05) is 17.7 Å². The second-order valence-corrected chi connectivity index (χ2v) is 5.52. The quantitative estimate of drug-likeness (QED) is 0.779. The SMILES string of the molecule is Cc1c(CNC(=O)NC(CO)c2ccc(Cl)c(F)c2)cnn1C. The largest absolute Gasteiger partial charge is 0.394 e. The van der Waals surface area contributed by atoms with Gasteiger partial charge < -0.3 is 15.7 Å². The zero-order chi connectivity index (χ0) is 17.0. The van der Waals surface area contributed by atoms with Crippen molar-refractivity contribution in [2.75, 3.05) is 6.61 Å². The third kappa shape index (κ3) is 4.20. The average Bonchev–Trinajstić information content (AvgIpc) is 2.85. The molecule has 6 nitrogen and oxygen atoms in total. The maximum Gasteiger partial charge on any atom is 0.315 e. The number of rotatable bonds is 5. The molecule has 0 radical (unpaired) electrons. The van der Waals surface area contributed by atoms with Crippen molar-refractivity contribution in [3.63, 3.8) is 0 Å². The van der Waals surface area contributed by atoms with Crippen molar-refractivity contribution in [1.29, 1.82) is 0 Å². The highest BCUT2D eigenvalue weighted by Crippen LogP contribution is 2.20. The van der Waals surface area contributed by atoms with Crippen LogP contribution in [0.15, 0.2) is 24.4 Å². The number of benzene rings is 1. The summed E-state index contributed by atoms with van der Waals surface area (Å²) in [5.41, 5.74) is 2.27. The standard InChI is InChI=1S/C15H18ClFN4O2/c1-9-11(7-19-21(9)2)6-18-15(23)20-14(8-22)10-3-4-12(16)13(17)5-10/h3-5,7,14,22H,6,8H2,1-2H3,(H2,18,20,23). The van der Waals surface area contributed by atoms with E-state index in [1.165, 1.54) is 12.1 Å². The van der Waals surface area contributed by atoms with E-state index in [4.69, 9.17) is 11.6 Å². The first-order valence-electron chi connectivity index (χ1n) is 7.00. The molecule has 1 aromatic heterocycles. The van der Waals surface area contributed by atoms with Gasteiger partial charge in [0.15, 0.2) is 0 Å². The fourth-order valence-electron chi connectivity index (χ4n) is 2.07. The number of carbonyl (C=O) groups excluding carboxylic acids is 1. The fourth-order valence-corrected chi connectivity index (χ4v) is 2.18. The summed E-state index contributed by atoms with van der Waals surface area (Å²) in [5.74, 6) is -0.601. The Hall–Kier alpha value is -2.12. The van der Waals surface area contributed by atoms with Crippen LogP contribution in [0.25, 0.3) is 0 Å². The molecule has 0 saturated carbocycles. The third-order valence-corrected chi connectivity index (χ3v) is 3.92. The molecule has 3 N–H and O–H groups in total. The molecule has 1 heterocycles. The third-order valence-electron chi connectivity index (χ3n) is 3.61. The molecule has 1 unspecified atom stereocenters. The number of carbonyl (C=O) groups is 1. The van der Waals surface area contributed by atoms with E-state index in [2.05, 4.69) is 15.7 Å². The molecule has 0 saturated heterocycles. The molecule has 1 atom stereocenters. The number of aryl methyl sites for hydroxylation is 1. The van der Waals surface area contributed by atoms with Crippen molar-refractivity contribution >= 4 is 17.6 Å². The van der Waals surface area contributed by atoms with Crippen molar-refractivity contribution < 1.29 is 14.3 Å². The number of hydrogen-bond acceptors (Lipinski definition) is 3. The first-order valence-corrected chi connectivity index (χ1v) is 7.37. The van der Waals surface area contributed by atoms with Crippen molar-refractivity contribution in [1.82, 2.24) is 20.4 Å². The van der Waals surface area contributed by atoms with E-state index in [-0.39, 0.29) is 11.6 Å². The van der Waals surface area contributed by atoms with Crippen LogP contribution in [0, 0.1) is 12.7 Å². The Morgan fingerprint density at radius 2 is 2.26 bits per heavy atom. The number of halogens is 2. The molecule has 23 heavy (non-hydrogen) atoms. The van der Waals surface area contributed by atoms with Crippen LogP contribution < -0.4 is 10.6 Å². The highest BCUT2D eigenvalue weighted by atomic mass is 35.5. The Kier molecular flexibility index (Phi) is 5.57. The number of amides is 2. The van der Waals surface area contributed by atoms with Crippen LogP contribution in [0.3, 0.4) is 0 Å². The summed E-state index contributed by atoms with van der Waals surface area (Å²) in [4.78, 5) is 11.9. The molecule has 0 fully saturated rings. The van der Waals surface area contributed by atoms with Gasteiger partial charge in [-0.25, -0.2) is 9.18 Å². The maximum atomic E-state index is 13.5. The minimum Gasteiger partial charge on any atom is -0.394 e. The lowest BCUT2D eigenvalue weighted by molar-refractivity contribution is 0.216. The first kappa shape index (κ1) is 17.2. The molecule has 2 aromatic rings. The zero-order valence-corrected chi connectivity index (χ0v) is 13.6. The van der Waals surface area contributed by atoms with E-state index in [1.807, 2.05) is 14.0 Å². The summed E-state index contributed by atoms with van der Waals surface area (Å²) < 4.78 is 15.2. The van der Waals surface area contributed by atoms with Crippen LogP contribution in [0.1, 0.15) is 22.9 Å². The molecular weight excluding hydrogens is 323 g/mol. The van der Waals surface area contributed by atoms with Gasteiger partial charge in [0.1, 0.15) is 5.82 Å². The Morgan fingerprint density at radius 1 is 1.52 bits per heavy atom. The molecule has 0 spiro atoms. The van der Waals surface area contributed by atoms with E-state index in [9.17, 15) is 14.3 Å². The molecule has 124 valence electrons. The second kappa shape index (κ2) is 7.43. The Balaban J connectivity index is 1.96. The molecule has 2 amide bonds. The lowest BCUT2D eigenvalue weighted by Gasteiger charge is -2.17. The van der Waals surface area contributed by atoms with Gasteiger partial charge in [-0.05, 0) is 24.6 Å². The predicted octanol–water partition coefficient (Wildman–Crippen LogP) is 2.05. The van der Waals surface area contributed by atoms with Crippen LogP contribution in [0.4, 0.5) is 9.18 Å². The van der Waals surface area contributed by atoms with Crippen LogP contribution >= 0.6 is 11.6 Å². The number of nitrogens with one attached hydrogen (secondary N) is 2. The smallest absolute Gasteiger partial charge is 0.315 e. The van der Waals surface area contributed by atoms with Crippen LogP contribution in [0.2, 0.25) is 5.02 Å². The minimum absolute atomic E-state index is 0.0121. The summed E-state index contributed by atoms with van der Waals surface area (Å²) >= 11 is 5.62. The van der Waals surface area contributed by atoms with E-state index in [0.717, 1.165) is 11.3 Å². The van der Waals surface area contributed by atoms with Gasteiger partial charge in [-0.3, -0.25) is 4.68 Å². The number of aliphatic hydroxyl groups is 1. The summed E-state index contributed by atoms with van der Waals surface area (Å²) in [6.07, 6.45) is 1.67. The molecule has 0 aliphatic rings. The zero-order valence-electron chi connectivity index (χ0n) is 12.8. The molecule has 0 bridgehead atoms. The van der Waals surface area contributed by atoms with Gasteiger partial charge in [-0.2, -0.15) is 5.10 Å². The minimum atomic E-state index is -0.725. The maximum absolute atomic E-state index is 13.5. The van der Waals surface area contributed by atoms with Crippen molar-refractivity contribution in [3.8, 4) is 0 Å². The summed E-state index contributed by atoms with van der Waals surface area (Å²) in [7, 11) is 1.82. The Bertz CT molecular complexity index is 705. The number of urea groups is 1. The second-order valence-electron chi connectivity index (χ2n) is 5.11. The summed E-state index contributed by atoms with van der Waals surface area (Å²) in [5, 5.41) is 18.8. The van der Waals surface area contributed by atoms with Crippen molar-refractivity contribution in [2.24, 2.45) is 7.05 Å². The Labute approximate surface area is 138 Å². The van der Waals surface area contributed by atoms with Crippen LogP contribution in [-0.2, 0) is 13.6 Å². The van der Waals surface area contributed by atoms with Gasteiger partial charge in [0, 0.05) is 24.8 Å². The first-order chi connectivity index (χ1) is 10.9. The van der Waals surface area contributed by atoms with E-state index < -0.39 is 17.9 Å².